The first-order chi connectivity index (χ1) is 7.10. The van der Waals surface area contributed by atoms with Gasteiger partial charge in [0, 0.05) is 17.6 Å². The van der Waals surface area contributed by atoms with Crippen LogP contribution in [0, 0.1) is 0 Å². The fraction of sp³-hybridized carbons (Fsp3) is 1.00. The van der Waals surface area contributed by atoms with E-state index in [1.165, 1.54) is 0 Å². The maximum Gasteiger partial charge on any atom is 0.697 e. The Labute approximate surface area is 98.9 Å². The van der Waals surface area contributed by atoms with E-state index in [1.807, 2.05) is 13.1 Å². The molecule has 0 aromatic heterocycles. The summed E-state index contributed by atoms with van der Waals surface area (Å²) in [6.45, 7) is 10.1. The third kappa shape index (κ3) is 5.47. The Morgan fingerprint density at radius 2 is 1.88 bits per heavy atom. The lowest BCUT2D eigenvalue weighted by Crippen LogP contribution is -2.44. The highest BCUT2D eigenvalue weighted by Crippen LogP contribution is 2.38. The average molecular weight is 269 g/mol. The molecule has 0 aliphatic carbocycles. The third-order valence-electron chi connectivity index (χ3n) is 2.80. The van der Waals surface area contributed by atoms with Crippen molar-refractivity contribution in [2.24, 2.45) is 0 Å². The zero-order valence-corrected chi connectivity index (χ0v) is 12.5. The molecule has 2 atom stereocenters. The van der Waals surface area contributed by atoms with Gasteiger partial charge in [0.15, 0.2) is 8.32 Å². The molecule has 0 spiro atoms. The summed E-state index contributed by atoms with van der Waals surface area (Å²) in [4.78, 5) is 8.69. The van der Waals surface area contributed by atoms with Crippen molar-refractivity contribution in [1.82, 2.24) is 0 Å². The van der Waals surface area contributed by atoms with Gasteiger partial charge in [-0.25, -0.2) is 0 Å². The number of hydrogen-bond acceptors (Lipinski definition) is 4. The summed E-state index contributed by atoms with van der Waals surface area (Å²) >= 11 is 0. The van der Waals surface area contributed by atoms with Crippen molar-refractivity contribution in [1.29, 1.82) is 0 Å². The fourth-order valence-electron chi connectivity index (χ4n) is 0.845. The van der Waals surface area contributed by atoms with Gasteiger partial charge in [-0.2, -0.15) is 0 Å². The van der Waals surface area contributed by atoms with Crippen molar-refractivity contribution in [3.8, 4) is 0 Å². The molecule has 0 saturated heterocycles. The summed E-state index contributed by atoms with van der Waals surface area (Å²) in [5.74, 6) is 0. The molecule has 0 heterocycles. The minimum atomic E-state index is -2.70. The Bertz CT molecular complexity index is 239. The number of aliphatic hydroxyl groups is 1. The van der Waals surface area contributed by atoms with Crippen LogP contribution in [-0.4, -0.2) is 31.2 Å². The van der Waals surface area contributed by atoms with Crippen LogP contribution in [0.1, 0.15) is 27.2 Å². The lowest BCUT2D eigenvalue weighted by molar-refractivity contribution is -0.0231. The fourth-order valence-corrected chi connectivity index (χ4v) is 2.45. The highest BCUT2D eigenvalue weighted by molar-refractivity contribution is 7.32. The van der Waals surface area contributed by atoms with Crippen LogP contribution in [0.25, 0.3) is 0 Å². The first-order valence-electron chi connectivity index (χ1n) is 5.22. The topological polar surface area (TPSA) is 76.0 Å². The van der Waals surface area contributed by atoms with E-state index >= 15 is 0 Å². The van der Waals surface area contributed by atoms with E-state index in [-0.39, 0.29) is 18.1 Å². The molecular formula is C9H22O5PSi+. The molecule has 0 radical (unpaired) electrons. The molecular weight excluding hydrogens is 247 g/mol. The molecule has 5 nitrogen and oxygen atoms in total. The molecule has 96 valence electrons. The Hall–Kier alpha value is 0.157. The minimum Gasteiger partial charge on any atom is -0.396 e. The van der Waals surface area contributed by atoms with Crippen molar-refractivity contribution >= 4 is 16.6 Å². The Morgan fingerprint density at radius 1 is 1.38 bits per heavy atom. The van der Waals surface area contributed by atoms with Gasteiger partial charge in [0.05, 0.1) is 0 Å². The van der Waals surface area contributed by atoms with Gasteiger partial charge >= 0.3 is 8.25 Å². The van der Waals surface area contributed by atoms with Gasteiger partial charge in [0.2, 0.25) is 6.29 Å². The SMILES string of the molecule is CC(C)(C)[Si](C)(C)OC(CCO)O[P+](=O)O. The Kier molecular flexibility index (Phi) is 6.25. The summed E-state index contributed by atoms with van der Waals surface area (Å²) < 4.78 is 21.1. The van der Waals surface area contributed by atoms with E-state index in [2.05, 4.69) is 20.8 Å². The maximum atomic E-state index is 10.6. The van der Waals surface area contributed by atoms with Crippen LogP contribution in [0.4, 0.5) is 0 Å². The molecule has 0 bridgehead atoms. The van der Waals surface area contributed by atoms with Crippen molar-refractivity contribution in [3.05, 3.63) is 0 Å². The van der Waals surface area contributed by atoms with E-state index < -0.39 is 22.9 Å². The number of rotatable bonds is 6. The standard InChI is InChI=1S/C9H21O5PSi/c1-9(2,3)16(4,5)14-8(6-7-10)13-15(11)12/h8,10H,6-7H2,1-5H3/p+1. The summed E-state index contributed by atoms with van der Waals surface area (Å²) in [6, 6.07) is 0. The van der Waals surface area contributed by atoms with Crippen LogP contribution in [0.5, 0.6) is 0 Å². The van der Waals surface area contributed by atoms with Crippen LogP contribution in [-0.2, 0) is 13.5 Å². The molecule has 0 fully saturated rings. The molecule has 0 rings (SSSR count). The van der Waals surface area contributed by atoms with Gasteiger partial charge in [-0.05, 0) is 18.1 Å². The molecule has 2 unspecified atom stereocenters. The van der Waals surface area contributed by atoms with E-state index in [0.29, 0.717) is 0 Å². The third-order valence-corrected chi connectivity index (χ3v) is 7.68. The molecule has 0 saturated carbocycles. The highest BCUT2D eigenvalue weighted by Gasteiger charge is 2.41. The smallest absolute Gasteiger partial charge is 0.396 e. The van der Waals surface area contributed by atoms with Crippen LogP contribution < -0.4 is 0 Å². The van der Waals surface area contributed by atoms with Crippen molar-refractivity contribution in [2.45, 2.75) is 51.6 Å². The monoisotopic (exact) mass is 269 g/mol. The largest absolute Gasteiger partial charge is 0.697 e. The van der Waals surface area contributed by atoms with Crippen molar-refractivity contribution in [3.63, 3.8) is 0 Å². The zero-order chi connectivity index (χ0) is 13.0. The molecule has 16 heavy (non-hydrogen) atoms. The van der Waals surface area contributed by atoms with Gasteiger partial charge < -0.3 is 9.53 Å². The van der Waals surface area contributed by atoms with Gasteiger partial charge in [0.1, 0.15) is 0 Å². The molecule has 0 aromatic carbocycles. The average Bonchev–Trinajstić information content (AvgIpc) is 1.99. The summed E-state index contributed by atoms with van der Waals surface area (Å²) in [5, 5.41) is 8.82. The second-order valence-corrected chi connectivity index (χ2v) is 10.6. The Morgan fingerprint density at radius 3 is 2.19 bits per heavy atom. The summed E-state index contributed by atoms with van der Waals surface area (Å²) in [5.41, 5.74) is 0. The first kappa shape index (κ1) is 16.2. The summed E-state index contributed by atoms with van der Waals surface area (Å²) in [7, 11) is -4.75. The van der Waals surface area contributed by atoms with Crippen molar-refractivity contribution in [2.75, 3.05) is 6.61 Å². The van der Waals surface area contributed by atoms with Crippen LogP contribution in [0.15, 0.2) is 0 Å². The number of aliphatic hydroxyl groups excluding tert-OH is 1. The van der Waals surface area contributed by atoms with E-state index in [0.717, 1.165) is 0 Å². The van der Waals surface area contributed by atoms with Gasteiger partial charge in [-0.1, -0.05) is 25.3 Å². The Balaban J connectivity index is 4.55. The summed E-state index contributed by atoms with van der Waals surface area (Å²) in [6.07, 6.45) is -0.603. The predicted octanol–water partition coefficient (Wildman–Crippen LogP) is 2.38. The predicted molar refractivity (Wildman–Crippen MR) is 64.7 cm³/mol. The van der Waals surface area contributed by atoms with Crippen molar-refractivity contribution < 1.29 is 23.5 Å². The second-order valence-electron chi connectivity index (χ2n) is 5.16. The second kappa shape index (κ2) is 6.19. The van der Waals surface area contributed by atoms with Gasteiger partial charge in [0.25, 0.3) is 0 Å². The molecule has 0 aromatic rings. The molecule has 0 amide bonds. The van der Waals surface area contributed by atoms with Gasteiger partial charge in [-0.15, -0.1) is 4.89 Å². The lowest BCUT2D eigenvalue weighted by atomic mass is 10.2. The molecule has 0 aliphatic rings. The van der Waals surface area contributed by atoms with E-state index in [9.17, 15) is 4.57 Å². The van der Waals surface area contributed by atoms with Gasteiger partial charge in [-0.3, -0.25) is 0 Å². The lowest BCUT2D eigenvalue weighted by Gasteiger charge is -2.37. The van der Waals surface area contributed by atoms with Crippen LogP contribution in [0.2, 0.25) is 18.1 Å². The normalized spacial score (nSPS) is 16.1. The quantitative estimate of drug-likeness (QED) is 0.440. The molecule has 7 heteroatoms. The highest BCUT2D eigenvalue weighted by atomic mass is 31.1. The minimum absolute atomic E-state index is 0.00877. The number of hydrogen-bond donors (Lipinski definition) is 2. The zero-order valence-electron chi connectivity index (χ0n) is 10.6. The maximum absolute atomic E-state index is 10.6. The van der Waals surface area contributed by atoms with E-state index in [4.69, 9.17) is 18.9 Å². The molecule has 0 aliphatic heterocycles. The van der Waals surface area contributed by atoms with E-state index in [1.54, 1.807) is 0 Å². The molecule has 2 N–H and O–H groups in total. The van der Waals surface area contributed by atoms with Crippen LogP contribution in [0.3, 0.4) is 0 Å². The van der Waals surface area contributed by atoms with Crippen LogP contribution >= 0.6 is 8.25 Å². The first-order valence-corrected chi connectivity index (χ1v) is 9.25.